The Kier molecular flexibility index (Phi) is 3.69. The highest BCUT2D eigenvalue weighted by atomic mass is 79.9. The van der Waals surface area contributed by atoms with Crippen molar-refractivity contribution >= 4 is 21.9 Å². The molecule has 1 aromatic rings. The lowest BCUT2D eigenvalue weighted by Gasteiger charge is -2.08. The molecule has 0 saturated heterocycles. The Morgan fingerprint density at radius 1 is 1.67 bits per heavy atom. The van der Waals surface area contributed by atoms with Gasteiger partial charge in [-0.15, -0.1) is 0 Å². The number of aromatic hydroxyl groups is 1. The van der Waals surface area contributed by atoms with Crippen LogP contribution in [0.5, 0.6) is 5.75 Å². The fraction of sp³-hybridized carbons (Fsp3) is 0.200. The summed E-state index contributed by atoms with van der Waals surface area (Å²) in [6, 6.07) is 4.64. The van der Waals surface area contributed by atoms with E-state index in [1.165, 1.54) is 19.2 Å². The molecule has 1 N–H and O–H groups in total. The van der Waals surface area contributed by atoms with Crippen molar-refractivity contribution in [2.45, 2.75) is 5.33 Å². The number of hydrogen-bond acceptors (Lipinski definition) is 4. The molecular weight excluding hydrogens is 262 g/mol. The van der Waals surface area contributed by atoms with Crippen molar-refractivity contribution in [3.8, 4) is 11.8 Å². The van der Waals surface area contributed by atoms with Gasteiger partial charge < -0.3 is 9.84 Å². The zero-order valence-corrected chi connectivity index (χ0v) is 9.54. The van der Waals surface area contributed by atoms with Gasteiger partial charge in [0.15, 0.2) is 0 Å². The number of benzene rings is 1. The van der Waals surface area contributed by atoms with Crippen molar-refractivity contribution in [3.05, 3.63) is 28.8 Å². The van der Waals surface area contributed by atoms with Crippen molar-refractivity contribution in [1.29, 1.82) is 5.26 Å². The number of rotatable bonds is 2. The zero-order valence-electron chi connectivity index (χ0n) is 7.95. The van der Waals surface area contributed by atoms with Crippen LogP contribution in [0.4, 0.5) is 0 Å². The van der Waals surface area contributed by atoms with E-state index in [0.29, 0.717) is 5.56 Å². The number of esters is 1. The quantitative estimate of drug-likeness (QED) is 0.658. The first-order valence-electron chi connectivity index (χ1n) is 4.05. The van der Waals surface area contributed by atoms with Gasteiger partial charge in [-0.1, -0.05) is 15.9 Å². The van der Waals surface area contributed by atoms with Gasteiger partial charge in [-0.3, -0.25) is 0 Å². The molecule has 0 aliphatic heterocycles. The van der Waals surface area contributed by atoms with E-state index < -0.39 is 5.97 Å². The highest BCUT2D eigenvalue weighted by molar-refractivity contribution is 9.08. The number of hydrogen-bond donors (Lipinski definition) is 1. The fourth-order valence-electron chi connectivity index (χ4n) is 1.20. The Morgan fingerprint density at radius 2 is 2.33 bits per heavy atom. The van der Waals surface area contributed by atoms with Crippen LogP contribution in [0.1, 0.15) is 21.5 Å². The lowest BCUT2D eigenvalue weighted by Crippen LogP contribution is -2.08. The molecule has 15 heavy (non-hydrogen) atoms. The molecule has 0 bridgehead atoms. The van der Waals surface area contributed by atoms with Crippen LogP contribution in [0, 0.1) is 11.3 Å². The lowest BCUT2D eigenvalue weighted by molar-refractivity contribution is 0.0599. The number of phenols is 1. The van der Waals surface area contributed by atoms with Crippen LogP contribution in [0.3, 0.4) is 0 Å². The zero-order chi connectivity index (χ0) is 11.4. The Bertz CT molecular complexity index is 437. The van der Waals surface area contributed by atoms with E-state index in [-0.39, 0.29) is 22.2 Å². The molecule has 0 aliphatic rings. The molecule has 0 fully saturated rings. The van der Waals surface area contributed by atoms with Gasteiger partial charge >= 0.3 is 5.97 Å². The van der Waals surface area contributed by atoms with Crippen LogP contribution < -0.4 is 0 Å². The van der Waals surface area contributed by atoms with E-state index >= 15 is 0 Å². The summed E-state index contributed by atoms with van der Waals surface area (Å²) < 4.78 is 4.55. The number of phenolic OH excluding ortho intramolecular Hbond substituents is 1. The van der Waals surface area contributed by atoms with Gasteiger partial charge in [0.05, 0.1) is 18.2 Å². The number of carbonyl (C=O) groups is 1. The standard InChI is InChI=1S/C10H8BrNO3/c1-15-10(14)9-6(5-12)2-3-8(13)7(9)4-11/h2-3,13H,4H2,1H3. The molecule has 0 saturated carbocycles. The maximum Gasteiger partial charge on any atom is 0.339 e. The largest absolute Gasteiger partial charge is 0.508 e. The molecule has 1 aromatic carbocycles. The summed E-state index contributed by atoms with van der Waals surface area (Å²) in [6.07, 6.45) is 0. The minimum atomic E-state index is -0.628. The molecule has 5 heteroatoms. The minimum absolute atomic E-state index is 0.0359. The van der Waals surface area contributed by atoms with E-state index in [1.807, 2.05) is 6.07 Å². The fourth-order valence-corrected chi connectivity index (χ4v) is 1.77. The van der Waals surface area contributed by atoms with E-state index in [2.05, 4.69) is 20.7 Å². The van der Waals surface area contributed by atoms with Crippen molar-refractivity contribution in [3.63, 3.8) is 0 Å². The molecule has 0 unspecified atom stereocenters. The Hall–Kier alpha value is -1.54. The number of carbonyl (C=O) groups excluding carboxylic acids is 1. The first kappa shape index (κ1) is 11.5. The normalized spacial score (nSPS) is 9.40. The van der Waals surface area contributed by atoms with Gasteiger partial charge in [-0.05, 0) is 12.1 Å². The smallest absolute Gasteiger partial charge is 0.339 e. The van der Waals surface area contributed by atoms with Crippen molar-refractivity contribution in [2.24, 2.45) is 0 Å². The average Bonchev–Trinajstić information content (AvgIpc) is 2.27. The Balaban J connectivity index is 3.49. The first-order valence-corrected chi connectivity index (χ1v) is 5.17. The molecule has 0 atom stereocenters. The van der Waals surface area contributed by atoms with Crippen LogP contribution in [-0.2, 0) is 10.1 Å². The van der Waals surface area contributed by atoms with E-state index in [0.717, 1.165) is 0 Å². The molecule has 0 heterocycles. The number of nitrogens with zero attached hydrogens (tertiary/aromatic N) is 1. The van der Waals surface area contributed by atoms with Gasteiger partial charge in [0.2, 0.25) is 0 Å². The minimum Gasteiger partial charge on any atom is -0.508 e. The van der Waals surface area contributed by atoms with E-state index in [4.69, 9.17) is 5.26 Å². The Labute approximate surface area is 95.2 Å². The number of methoxy groups -OCH3 is 1. The predicted octanol–water partition coefficient (Wildman–Crippen LogP) is 1.95. The summed E-state index contributed by atoms with van der Waals surface area (Å²) in [7, 11) is 1.23. The molecular formula is C10H8BrNO3. The SMILES string of the molecule is COC(=O)c1c(C#N)ccc(O)c1CBr. The molecule has 1 rings (SSSR count). The second kappa shape index (κ2) is 4.80. The molecule has 0 amide bonds. The van der Waals surface area contributed by atoms with Gasteiger partial charge in [-0.2, -0.15) is 5.26 Å². The van der Waals surface area contributed by atoms with Gasteiger partial charge in [0, 0.05) is 10.9 Å². The average molecular weight is 270 g/mol. The third kappa shape index (κ3) is 2.10. The maximum absolute atomic E-state index is 11.4. The van der Waals surface area contributed by atoms with Crippen LogP contribution in [0.15, 0.2) is 12.1 Å². The molecule has 0 spiro atoms. The lowest BCUT2D eigenvalue weighted by atomic mass is 10.0. The topological polar surface area (TPSA) is 70.3 Å². The summed E-state index contributed by atoms with van der Waals surface area (Å²) in [5.41, 5.74) is 0.659. The van der Waals surface area contributed by atoms with Gasteiger partial charge in [0.25, 0.3) is 0 Å². The number of alkyl halides is 1. The highest BCUT2D eigenvalue weighted by Crippen LogP contribution is 2.27. The highest BCUT2D eigenvalue weighted by Gasteiger charge is 2.19. The summed E-state index contributed by atoms with van der Waals surface area (Å²) >= 11 is 3.14. The summed E-state index contributed by atoms with van der Waals surface area (Å²) in [4.78, 5) is 11.4. The van der Waals surface area contributed by atoms with E-state index in [1.54, 1.807) is 0 Å². The summed E-state index contributed by atoms with van der Waals surface area (Å²) in [6.45, 7) is 0. The van der Waals surface area contributed by atoms with Crippen LogP contribution >= 0.6 is 15.9 Å². The van der Waals surface area contributed by atoms with Crippen LogP contribution in [0.25, 0.3) is 0 Å². The molecule has 0 radical (unpaired) electrons. The first-order chi connectivity index (χ1) is 7.15. The monoisotopic (exact) mass is 269 g/mol. The van der Waals surface area contributed by atoms with Gasteiger partial charge in [-0.25, -0.2) is 4.79 Å². The van der Waals surface area contributed by atoms with Crippen LogP contribution in [-0.4, -0.2) is 18.2 Å². The van der Waals surface area contributed by atoms with Crippen molar-refractivity contribution < 1.29 is 14.6 Å². The number of nitriles is 1. The Morgan fingerprint density at radius 3 is 2.80 bits per heavy atom. The predicted molar refractivity (Wildman–Crippen MR) is 56.8 cm³/mol. The third-order valence-corrected chi connectivity index (χ3v) is 2.49. The van der Waals surface area contributed by atoms with Crippen LogP contribution in [0.2, 0.25) is 0 Å². The third-order valence-electron chi connectivity index (χ3n) is 1.93. The van der Waals surface area contributed by atoms with Gasteiger partial charge in [0.1, 0.15) is 11.8 Å². The second-order valence-corrected chi connectivity index (χ2v) is 3.28. The van der Waals surface area contributed by atoms with Crippen molar-refractivity contribution in [1.82, 2.24) is 0 Å². The number of halogens is 1. The maximum atomic E-state index is 11.4. The van der Waals surface area contributed by atoms with Crippen molar-refractivity contribution in [2.75, 3.05) is 7.11 Å². The summed E-state index contributed by atoms with van der Waals surface area (Å²) in [5.74, 6) is -0.664. The van der Waals surface area contributed by atoms with E-state index in [9.17, 15) is 9.90 Å². The second-order valence-electron chi connectivity index (χ2n) is 2.72. The molecule has 78 valence electrons. The number of ether oxygens (including phenoxy) is 1. The molecule has 0 aromatic heterocycles. The molecule has 4 nitrogen and oxygen atoms in total. The summed E-state index contributed by atoms with van der Waals surface area (Å²) in [5, 5.41) is 18.6. The molecule has 0 aliphatic carbocycles.